The molecule has 15 heavy (non-hydrogen) atoms. The molecule has 0 unspecified atom stereocenters. The molecule has 5 nitrogen and oxygen atoms in total. The summed E-state index contributed by atoms with van der Waals surface area (Å²) in [6.45, 7) is 0. The van der Waals surface area contributed by atoms with Gasteiger partial charge in [-0.25, -0.2) is 9.97 Å². The number of pyridine rings is 1. The fourth-order valence-electron chi connectivity index (χ4n) is 1.15. The van der Waals surface area contributed by atoms with Crippen molar-refractivity contribution in [1.82, 2.24) is 15.0 Å². The molecular weight excluding hydrogens is 190 g/mol. The Morgan fingerprint density at radius 1 is 1.33 bits per heavy atom. The van der Waals surface area contributed by atoms with Crippen molar-refractivity contribution in [3.8, 4) is 17.5 Å². The molecule has 0 aliphatic rings. The van der Waals surface area contributed by atoms with Gasteiger partial charge in [0.1, 0.15) is 17.6 Å². The Bertz CT molecular complexity index is 515. The number of hydrogen-bond donors (Lipinski definition) is 1. The number of nitrogen functional groups attached to an aromatic ring is 1. The lowest BCUT2D eigenvalue weighted by atomic mass is 10.2. The van der Waals surface area contributed by atoms with Crippen LogP contribution in [0.2, 0.25) is 0 Å². The number of anilines is 1. The van der Waals surface area contributed by atoms with E-state index in [-0.39, 0.29) is 11.5 Å². The molecule has 0 aliphatic heterocycles. The average Bonchev–Trinajstić information content (AvgIpc) is 2.29. The van der Waals surface area contributed by atoms with Gasteiger partial charge in [0.15, 0.2) is 5.82 Å². The van der Waals surface area contributed by atoms with E-state index in [2.05, 4.69) is 15.0 Å². The zero-order valence-electron chi connectivity index (χ0n) is 7.75. The van der Waals surface area contributed by atoms with Crippen LogP contribution in [0.25, 0.3) is 11.4 Å². The van der Waals surface area contributed by atoms with Crippen LogP contribution in [0.1, 0.15) is 5.69 Å². The van der Waals surface area contributed by atoms with Crippen LogP contribution in [0.5, 0.6) is 0 Å². The lowest BCUT2D eigenvalue weighted by Crippen LogP contribution is -1.98. The molecule has 2 rings (SSSR count). The van der Waals surface area contributed by atoms with Crippen LogP contribution in [-0.4, -0.2) is 15.0 Å². The second-order valence-electron chi connectivity index (χ2n) is 2.86. The van der Waals surface area contributed by atoms with Crippen molar-refractivity contribution >= 4 is 5.82 Å². The number of nitriles is 1. The van der Waals surface area contributed by atoms with E-state index in [9.17, 15) is 0 Å². The zero-order chi connectivity index (χ0) is 10.7. The lowest BCUT2D eigenvalue weighted by Gasteiger charge is -2.00. The highest BCUT2D eigenvalue weighted by Gasteiger charge is 2.04. The molecule has 2 aromatic heterocycles. The first-order chi connectivity index (χ1) is 7.29. The molecule has 2 heterocycles. The van der Waals surface area contributed by atoms with Crippen LogP contribution in [0.3, 0.4) is 0 Å². The van der Waals surface area contributed by atoms with Crippen molar-refractivity contribution in [2.45, 2.75) is 0 Å². The molecular formula is C10H7N5. The van der Waals surface area contributed by atoms with E-state index in [4.69, 9.17) is 11.0 Å². The van der Waals surface area contributed by atoms with Crippen LogP contribution >= 0.6 is 0 Å². The largest absolute Gasteiger partial charge is 0.384 e. The molecule has 5 heteroatoms. The second-order valence-corrected chi connectivity index (χ2v) is 2.86. The van der Waals surface area contributed by atoms with Crippen molar-refractivity contribution < 1.29 is 0 Å². The van der Waals surface area contributed by atoms with Crippen molar-refractivity contribution in [2.24, 2.45) is 0 Å². The fraction of sp³-hybridized carbons (Fsp3) is 0. The van der Waals surface area contributed by atoms with Crippen molar-refractivity contribution in [3.05, 3.63) is 36.3 Å². The number of nitrogens with zero attached hydrogens (tertiary/aromatic N) is 4. The number of aromatic nitrogens is 3. The minimum Gasteiger partial charge on any atom is -0.384 e. The smallest absolute Gasteiger partial charge is 0.164 e. The Kier molecular flexibility index (Phi) is 2.25. The van der Waals surface area contributed by atoms with E-state index in [0.717, 1.165) is 5.56 Å². The fourth-order valence-corrected chi connectivity index (χ4v) is 1.15. The summed E-state index contributed by atoms with van der Waals surface area (Å²) < 4.78 is 0. The van der Waals surface area contributed by atoms with E-state index < -0.39 is 0 Å². The third-order valence-electron chi connectivity index (χ3n) is 1.78. The summed E-state index contributed by atoms with van der Waals surface area (Å²) >= 11 is 0. The standard InChI is InChI=1S/C10H7N5/c11-5-8-4-9(12)15-10(14-8)7-2-1-3-13-6-7/h1-4,6H,(H2,12,14,15). The highest BCUT2D eigenvalue weighted by Crippen LogP contribution is 2.14. The van der Waals surface area contributed by atoms with Gasteiger partial charge in [-0.1, -0.05) is 0 Å². The van der Waals surface area contributed by atoms with Gasteiger partial charge in [-0.3, -0.25) is 4.98 Å². The maximum Gasteiger partial charge on any atom is 0.164 e. The third kappa shape index (κ3) is 1.89. The van der Waals surface area contributed by atoms with E-state index in [1.54, 1.807) is 18.5 Å². The van der Waals surface area contributed by atoms with E-state index in [1.165, 1.54) is 6.07 Å². The molecule has 0 amide bonds. The maximum atomic E-state index is 8.72. The number of rotatable bonds is 1. The van der Waals surface area contributed by atoms with Crippen LogP contribution in [0, 0.1) is 11.3 Å². The summed E-state index contributed by atoms with van der Waals surface area (Å²) in [6, 6.07) is 6.94. The Hall–Kier alpha value is -2.48. The highest BCUT2D eigenvalue weighted by molar-refractivity contribution is 5.56. The van der Waals surface area contributed by atoms with Gasteiger partial charge in [0.05, 0.1) is 0 Å². The van der Waals surface area contributed by atoms with Crippen LogP contribution in [0.4, 0.5) is 5.82 Å². The van der Waals surface area contributed by atoms with Gasteiger partial charge in [0.2, 0.25) is 0 Å². The molecule has 0 saturated carbocycles. The summed E-state index contributed by atoms with van der Waals surface area (Å²) in [7, 11) is 0. The van der Waals surface area contributed by atoms with Gasteiger partial charge in [0, 0.05) is 24.0 Å². The highest BCUT2D eigenvalue weighted by atomic mass is 14.9. The van der Waals surface area contributed by atoms with E-state index in [1.807, 2.05) is 12.1 Å². The Morgan fingerprint density at radius 3 is 2.87 bits per heavy atom. The van der Waals surface area contributed by atoms with Crippen LogP contribution in [-0.2, 0) is 0 Å². The van der Waals surface area contributed by atoms with Crippen molar-refractivity contribution in [2.75, 3.05) is 5.73 Å². The SMILES string of the molecule is N#Cc1cc(N)nc(-c2cccnc2)n1. The summed E-state index contributed by atoms with van der Waals surface area (Å²) in [5.41, 5.74) is 6.54. The van der Waals surface area contributed by atoms with E-state index >= 15 is 0 Å². The summed E-state index contributed by atoms with van der Waals surface area (Å²) in [5.74, 6) is 0.694. The molecule has 2 N–H and O–H groups in total. The Morgan fingerprint density at radius 2 is 2.20 bits per heavy atom. The molecule has 2 aromatic rings. The Labute approximate surface area is 86.2 Å². The predicted octanol–water partition coefficient (Wildman–Crippen LogP) is 0.992. The molecule has 0 fully saturated rings. The molecule has 0 aliphatic carbocycles. The van der Waals surface area contributed by atoms with Gasteiger partial charge < -0.3 is 5.73 Å². The first kappa shape index (κ1) is 9.09. The van der Waals surface area contributed by atoms with Crippen LogP contribution in [0.15, 0.2) is 30.6 Å². The molecule has 0 radical (unpaired) electrons. The van der Waals surface area contributed by atoms with Gasteiger partial charge in [0.25, 0.3) is 0 Å². The summed E-state index contributed by atoms with van der Waals surface area (Å²) in [5, 5.41) is 8.72. The Balaban J connectivity index is 2.55. The molecule has 0 saturated heterocycles. The van der Waals surface area contributed by atoms with E-state index in [0.29, 0.717) is 5.82 Å². The first-order valence-corrected chi connectivity index (χ1v) is 4.24. The lowest BCUT2D eigenvalue weighted by molar-refractivity contribution is 1.15. The predicted molar refractivity (Wildman–Crippen MR) is 54.4 cm³/mol. The second kappa shape index (κ2) is 3.72. The number of hydrogen-bond acceptors (Lipinski definition) is 5. The monoisotopic (exact) mass is 197 g/mol. The van der Waals surface area contributed by atoms with Crippen LogP contribution < -0.4 is 5.73 Å². The molecule has 0 spiro atoms. The summed E-state index contributed by atoms with van der Waals surface area (Å²) in [6.07, 6.45) is 3.27. The molecule has 72 valence electrons. The van der Waals surface area contributed by atoms with Gasteiger partial charge in [-0.2, -0.15) is 5.26 Å². The summed E-state index contributed by atoms with van der Waals surface area (Å²) in [4.78, 5) is 12.0. The minimum atomic E-state index is 0.251. The van der Waals surface area contributed by atoms with Crippen molar-refractivity contribution in [1.29, 1.82) is 5.26 Å². The van der Waals surface area contributed by atoms with Gasteiger partial charge >= 0.3 is 0 Å². The quantitative estimate of drug-likeness (QED) is 0.736. The first-order valence-electron chi connectivity index (χ1n) is 4.24. The normalized spacial score (nSPS) is 9.53. The number of nitrogens with two attached hydrogens (primary N) is 1. The average molecular weight is 197 g/mol. The van der Waals surface area contributed by atoms with Gasteiger partial charge in [-0.05, 0) is 12.1 Å². The minimum absolute atomic E-state index is 0.251. The van der Waals surface area contributed by atoms with Crippen molar-refractivity contribution in [3.63, 3.8) is 0 Å². The third-order valence-corrected chi connectivity index (χ3v) is 1.78. The van der Waals surface area contributed by atoms with Gasteiger partial charge in [-0.15, -0.1) is 0 Å². The topological polar surface area (TPSA) is 88.5 Å². The zero-order valence-corrected chi connectivity index (χ0v) is 7.75. The molecule has 0 atom stereocenters. The maximum absolute atomic E-state index is 8.72. The molecule has 0 bridgehead atoms. The molecule has 0 aromatic carbocycles.